The van der Waals surface area contributed by atoms with Crippen LogP contribution in [0.1, 0.15) is 24.7 Å². The smallest absolute Gasteiger partial charge is 0.107 e. The number of imidazole rings is 1. The van der Waals surface area contributed by atoms with Gasteiger partial charge in [0.2, 0.25) is 0 Å². The van der Waals surface area contributed by atoms with E-state index in [0.717, 1.165) is 31.6 Å². The van der Waals surface area contributed by atoms with Crippen LogP contribution in [0, 0.1) is 0 Å². The van der Waals surface area contributed by atoms with Crippen LogP contribution in [0.3, 0.4) is 0 Å². The lowest BCUT2D eigenvalue weighted by molar-refractivity contribution is 0.497. The highest BCUT2D eigenvalue weighted by atomic mass is 14.9. The summed E-state index contributed by atoms with van der Waals surface area (Å²) in [4.78, 5) is 7.49. The van der Waals surface area contributed by atoms with Crippen molar-refractivity contribution in [1.82, 2.24) is 15.3 Å². The molecular weight excluding hydrogens is 222 g/mol. The first-order valence-electron chi connectivity index (χ1n) is 6.64. The Morgan fingerprint density at radius 2 is 2.06 bits per heavy atom. The topological polar surface area (TPSA) is 40.7 Å². The second-order valence-electron chi connectivity index (χ2n) is 4.58. The summed E-state index contributed by atoms with van der Waals surface area (Å²) in [7, 11) is 0. The van der Waals surface area contributed by atoms with Gasteiger partial charge in [-0.1, -0.05) is 37.3 Å². The molecule has 0 saturated heterocycles. The van der Waals surface area contributed by atoms with Crippen LogP contribution < -0.4 is 5.32 Å². The molecule has 1 aromatic carbocycles. The maximum atomic E-state index is 4.31. The minimum atomic E-state index is 0.443. The van der Waals surface area contributed by atoms with E-state index in [1.165, 1.54) is 5.56 Å². The molecule has 3 nitrogen and oxygen atoms in total. The van der Waals surface area contributed by atoms with E-state index in [1.54, 1.807) is 0 Å². The van der Waals surface area contributed by atoms with Crippen LogP contribution in [-0.4, -0.2) is 22.6 Å². The first-order valence-corrected chi connectivity index (χ1v) is 6.64. The molecule has 2 aromatic rings. The highest BCUT2D eigenvalue weighted by Crippen LogP contribution is 2.06. The van der Waals surface area contributed by atoms with E-state index in [-0.39, 0.29) is 0 Å². The number of aromatic nitrogens is 2. The fourth-order valence-electron chi connectivity index (χ4n) is 2.11. The molecule has 3 heteroatoms. The van der Waals surface area contributed by atoms with Gasteiger partial charge in [0.25, 0.3) is 0 Å². The van der Waals surface area contributed by atoms with Crippen LogP contribution in [0.4, 0.5) is 0 Å². The molecule has 2 N–H and O–H groups in total. The van der Waals surface area contributed by atoms with E-state index in [0.29, 0.717) is 6.04 Å². The number of aromatic amines is 1. The van der Waals surface area contributed by atoms with Gasteiger partial charge in [-0.25, -0.2) is 4.98 Å². The summed E-state index contributed by atoms with van der Waals surface area (Å²) >= 11 is 0. The fraction of sp³-hybridized carbons (Fsp3) is 0.400. The zero-order chi connectivity index (χ0) is 12.6. The highest BCUT2D eigenvalue weighted by molar-refractivity contribution is 5.16. The first kappa shape index (κ1) is 12.8. The molecule has 1 heterocycles. The van der Waals surface area contributed by atoms with Gasteiger partial charge in [0, 0.05) is 24.9 Å². The third-order valence-electron chi connectivity index (χ3n) is 3.00. The summed E-state index contributed by atoms with van der Waals surface area (Å²) in [6, 6.07) is 11.1. The Kier molecular flexibility index (Phi) is 4.97. The van der Waals surface area contributed by atoms with Gasteiger partial charge in [0.05, 0.1) is 0 Å². The van der Waals surface area contributed by atoms with Crippen LogP contribution in [0.5, 0.6) is 0 Å². The SMILES string of the molecule is CCCNC(Cc1ccccc1)Cc1ncc[nH]1. The van der Waals surface area contributed by atoms with Crippen molar-refractivity contribution in [3.05, 3.63) is 54.1 Å². The van der Waals surface area contributed by atoms with Gasteiger partial charge in [-0.05, 0) is 24.9 Å². The second-order valence-corrected chi connectivity index (χ2v) is 4.58. The molecule has 0 aliphatic heterocycles. The summed E-state index contributed by atoms with van der Waals surface area (Å²) in [6.07, 6.45) is 6.84. The maximum Gasteiger partial charge on any atom is 0.107 e. The van der Waals surface area contributed by atoms with Crippen molar-refractivity contribution in [3.63, 3.8) is 0 Å². The lowest BCUT2D eigenvalue weighted by Crippen LogP contribution is -2.34. The maximum absolute atomic E-state index is 4.31. The molecule has 18 heavy (non-hydrogen) atoms. The lowest BCUT2D eigenvalue weighted by Gasteiger charge is -2.17. The summed E-state index contributed by atoms with van der Waals surface area (Å²) in [5.74, 6) is 1.06. The van der Waals surface area contributed by atoms with Crippen molar-refractivity contribution in [2.45, 2.75) is 32.2 Å². The number of rotatable bonds is 7. The van der Waals surface area contributed by atoms with Crippen LogP contribution in [0.2, 0.25) is 0 Å². The van der Waals surface area contributed by atoms with Gasteiger partial charge in [0.1, 0.15) is 5.82 Å². The lowest BCUT2D eigenvalue weighted by atomic mass is 10.0. The quantitative estimate of drug-likeness (QED) is 0.784. The first-order chi connectivity index (χ1) is 8.88. The van der Waals surface area contributed by atoms with Crippen LogP contribution >= 0.6 is 0 Å². The van der Waals surface area contributed by atoms with Gasteiger partial charge in [-0.15, -0.1) is 0 Å². The average molecular weight is 243 g/mol. The Hall–Kier alpha value is -1.61. The Balaban J connectivity index is 1.96. The predicted octanol–water partition coefficient (Wildman–Crippen LogP) is 2.56. The molecule has 0 saturated carbocycles. The van der Waals surface area contributed by atoms with E-state index in [9.17, 15) is 0 Å². The summed E-state index contributed by atoms with van der Waals surface area (Å²) in [5, 5.41) is 3.60. The van der Waals surface area contributed by atoms with Crippen molar-refractivity contribution < 1.29 is 0 Å². The summed E-state index contributed by atoms with van der Waals surface area (Å²) in [5.41, 5.74) is 1.37. The molecule has 96 valence electrons. The highest BCUT2D eigenvalue weighted by Gasteiger charge is 2.10. The molecular formula is C15H21N3. The molecule has 0 spiro atoms. The van der Waals surface area contributed by atoms with Crippen LogP contribution in [-0.2, 0) is 12.8 Å². The molecule has 0 aliphatic carbocycles. The molecule has 0 aliphatic rings. The van der Waals surface area contributed by atoms with E-state index in [4.69, 9.17) is 0 Å². The molecule has 1 unspecified atom stereocenters. The number of benzene rings is 1. The summed E-state index contributed by atoms with van der Waals surface area (Å²) < 4.78 is 0. The van der Waals surface area contributed by atoms with Crippen molar-refractivity contribution in [3.8, 4) is 0 Å². The van der Waals surface area contributed by atoms with Gasteiger partial charge >= 0.3 is 0 Å². The number of nitrogens with one attached hydrogen (secondary N) is 2. The van der Waals surface area contributed by atoms with Crippen LogP contribution in [0.15, 0.2) is 42.7 Å². The fourth-order valence-corrected chi connectivity index (χ4v) is 2.11. The molecule has 2 rings (SSSR count). The zero-order valence-electron chi connectivity index (χ0n) is 10.9. The van der Waals surface area contributed by atoms with Crippen molar-refractivity contribution >= 4 is 0 Å². The van der Waals surface area contributed by atoms with Gasteiger partial charge < -0.3 is 10.3 Å². The Bertz CT molecular complexity index is 422. The van der Waals surface area contributed by atoms with E-state index in [2.05, 4.69) is 52.5 Å². The minimum Gasteiger partial charge on any atom is -0.349 e. The van der Waals surface area contributed by atoms with Crippen molar-refractivity contribution in [2.24, 2.45) is 0 Å². The Morgan fingerprint density at radius 1 is 1.22 bits per heavy atom. The molecule has 0 radical (unpaired) electrons. The molecule has 1 atom stereocenters. The summed E-state index contributed by atoms with van der Waals surface area (Å²) in [6.45, 7) is 3.25. The van der Waals surface area contributed by atoms with E-state index >= 15 is 0 Å². The molecule has 0 amide bonds. The standard InChI is InChI=1S/C15H21N3/c1-2-8-16-14(12-15-17-9-10-18-15)11-13-6-4-3-5-7-13/h3-7,9-10,14,16H,2,8,11-12H2,1H3,(H,17,18). The van der Waals surface area contributed by atoms with Crippen molar-refractivity contribution in [1.29, 1.82) is 0 Å². The van der Waals surface area contributed by atoms with Gasteiger partial charge in [-0.3, -0.25) is 0 Å². The second kappa shape index (κ2) is 6.97. The van der Waals surface area contributed by atoms with Crippen LogP contribution in [0.25, 0.3) is 0 Å². The number of hydrogen-bond donors (Lipinski definition) is 2. The molecule has 0 bridgehead atoms. The third-order valence-corrected chi connectivity index (χ3v) is 3.00. The Labute approximate surface area is 109 Å². The molecule has 0 fully saturated rings. The van der Waals surface area contributed by atoms with E-state index in [1.807, 2.05) is 12.4 Å². The average Bonchev–Trinajstić information content (AvgIpc) is 2.90. The van der Waals surface area contributed by atoms with Crippen molar-refractivity contribution in [2.75, 3.05) is 6.54 Å². The Morgan fingerprint density at radius 3 is 2.72 bits per heavy atom. The largest absolute Gasteiger partial charge is 0.349 e. The predicted molar refractivity (Wildman–Crippen MR) is 74.5 cm³/mol. The monoisotopic (exact) mass is 243 g/mol. The minimum absolute atomic E-state index is 0.443. The third kappa shape index (κ3) is 4.00. The number of nitrogens with zero attached hydrogens (tertiary/aromatic N) is 1. The molecule has 1 aromatic heterocycles. The number of hydrogen-bond acceptors (Lipinski definition) is 2. The zero-order valence-corrected chi connectivity index (χ0v) is 10.9. The van der Waals surface area contributed by atoms with Gasteiger partial charge in [-0.2, -0.15) is 0 Å². The number of H-pyrrole nitrogens is 1. The van der Waals surface area contributed by atoms with E-state index < -0.39 is 0 Å². The normalized spacial score (nSPS) is 12.5. The van der Waals surface area contributed by atoms with Gasteiger partial charge in [0.15, 0.2) is 0 Å².